The van der Waals surface area contributed by atoms with Crippen LogP contribution < -0.4 is 5.32 Å². The van der Waals surface area contributed by atoms with E-state index >= 15 is 0 Å². The van der Waals surface area contributed by atoms with Crippen LogP contribution in [-0.2, 0) is 13.5 Å². The topological polar surface area (TPSA) is 42.7 Å². The predicted molar refractivity (Wildman–Crippen MR) is 83.0 cm³/mol. The summed E-state index contributed by atoms with van der Waals surface area (Å²) in [6.45, 7) is 3.01. The van der Waals surface area contributed by atoms with Gasteiger partial charge in [0.2, 0.25) is 0 Å². The Kier molecular flexibility index (Phi) is 5.13. The van der Waals surface area contributed by atoms with Crippen LogP contribution in [0.25, 0.3) is 0 Å². The van der Waals surface area contributed by atoms with E-state index in [1.54, 1.807) is 0 Å². The average Bonchev–Trinajstić information content (AvgIpc) is 2.71. The van der Waals surface area contributed by atoms with Gasteiger partial charge >= 0.3 is 0 Å². The molecule has 2 aromatic rings. The molecule has 1 aromatic heterocycles. The summed E-state index contributed by atoms with van der Waals surface area (Å²) >= 11 is 6.93. The average molecular weight is 388 g/mol. The molecule has 0 aliphatic carbocycles. The van der Waals surface area contributed by atoms with Crippen molar-refractivity contribution in [3.05, 3.63) is 44.6 Å². The standard InChI is InChI=1S/C13H16Br2N4/c1-3-16-11(12-13(15)17-18-19(12)2)8-9-4-6-10(14)7-5-9/h4-7,11,16H,3,8H2,1-2H3. The van der Waals surface area contributed by atoms with Gasteiger partial charge in [-0.2, -0.15) is 0 Å². The highest BCUT2D eigenvalue weighted by atomic mass is 79.9. The first kappa shape index (κ1) is 14.7. The number of nitrogens with one attached hydrogen (secondary N) is 1. The maximum absolute atomic E-state index is 4.06. The van der Waals surface area contributed by atoms with Gasteiger partial charge in [0.1, 0.15) is 0 Å². The molecule has 0 aliphatic rings. The summed E-state index contributed by atoms with van der Waals surface area (Å²) in [4.78, 5) is 0. The van der Waals surface area contributed by atoms with Gasteiger partial charge in [-0.1, -0.05) is 40.2 Å². The lowest BCUT2D eigenvalue weighted by Gasteiger charge is -2.18. The van der Waals surface area contributed by atoms with E-state index in [2.05, 4.69) is 78.7 Å². The normalized spacial score (nSPS) is 12.6. The van der Waals surface area contributed by atoms with E-state index in [0.717, 1.165) is 27.7 Å². The van der Waals surface area contributed by atoms with Gasteiger partial charge in [0.05, 0.1) is 11.7 Å². The maximum atomic E-state index is 4.06. The second-order valence-corrected chi connectivity index (χ2v) is 6.00. The summed E-state index contributed by atoms with van der Waals surface area (Å²) in [6, 6.07) is 8.59. The van der Waals surface area contributed by atoms with Crippen LogP contribution in [0.4, 0.5) is 0 Å². The lowest BCUT2D eigenvalue weighted by atomic mass is 10.0. The lowest BCUT2D eigenvalue weighted by molar-refractivity contribution is 0.505. The van der Waals surface area contributed by atoms with Crippen molar-refractivity contribution in [2.75, 3.05) is 6.54 Å². The number of nitrogens with zero attached hydrogens (tertiary/aromatic N) is 3. The van der Waals surface area contributed by atoms with Crippen molar-refractivity contribution in [2.45, 2.75) is 19.4 Å². The third kappa shape index (κ3) is 3.64. The summed E-state index contributed by atoms with van der Waals surface area (Å²) in [5, 5.41) is 11.6. The fourth-order valence-electron chi connectivity index (χ4n) is 2.08. The summed E-state index contributed by atoms with van der Waals surface area (Å²) < 4.78 is 3.72. The van der Waals surface area contributed by atoms with Gasteiger partial charge in [0, 0.05) is 11.5 Å². The van der Waals surface area contributed by atoms with Gasteiger partial charge in [-0.15, -0.1) is 5.10 Å². The molecule has 1 atom stereocenters. The number of hydrogen-bond donors (Lipinski definition) is 1. The molecule has 0 saturated heterocycles. The Balaban J connectivity index is 2.23. The van der Waals surface area contributed by atoms with Crippen molar-refractivity contribution < 1.29 is 0 Å². The van der Waals surface area contributed by atoms with E-state index in [9.17, 15) is 0 Å². The summed E-state index contributed by atoms with van der Waals surface area (Å²) in [7, 11) is 1.92. The molecule has 0 aliphatic heterocycles. The third-order valence-corrected chi connectivity index (χ3v) is 4.05. The Morgan fingerprint density at radius 1 is 1.26 bits per heavy atom. The molecule has 0 radical (unpaired) electrons. The van der Waals surface area contributed by atoms with Crippen molar-refractivity contribution in [3.63, 3.8) is 0 Å². The highest BCUT2D eigenvalue weighted by Gasteiger charge is 2.19. The first-order valence-corrected chi connectivity index (χ1v) is 7.73. The minimum Gasteiger partial charge on any atom is -0.309 e. The zero-order chi connectivity index (χ0) is 13.8. The predicted octanol–water partition coefficient (Wildman–Crippen LogP) is 3.23. The smallest absolute Gasteiger partial charge is 0.153 e. The highest BCUT2D eigenvalue weighted by Crippen LogP contribution is 2.24. The molecular formula is C13H16Br2N4. The first-order valence-electron chi connectivity index (χ1n) is 6.14. The number of aryl methyl sites for hydroxylation is 1. The fraction of sp³-hybridized carbons (Fsp3) is 0.385. The Hall–Kier alpha value is -0.720. The second-order valence-electron chi connectivity index (χ2n) is 4.33. The number of benzene rings is 1. The summed E-state index contributed by atoms with van der Waals surface area (Å²) in [6.07, 6.45) is 0.904. The van der Waals surface area contributed by atoms with E-state index in [0.29, 0.717) is 0 Å². The summed E-state index contributed by atoms with van der Waals surface area (Å²) in [5.74, 6) is 0. The van der Waals surface area contributed by atoms with Gasteiger partial charge in [-0.25, -0.2) is 4.68 Å². The molecule has 19 heavy (non-hydrogen) atoms. The molecule has 0 amide bonds. The van der Waals surface area contributed by atoms with E-state index in [4.69, 9.17) is 0 Å². The summed E-state index contributed by atoms with van der Waals surface area (Å²) in [5.41, 5.74) is 2.35. The number of aromatic nitrogens is 3. The molecule has 0 saturated carbocycles. The van der Waals surface area contributed by atoms with Crippen LogP contribution in [0.15, 0.2) is 33.3 Å². The SMILES string of the molecule is CCNC(Cc1ccc(Br)cc1)c1c(Br)nnn1C. The van der Waals surface area contributed by atoms with Crippen molar-refractivity contribution in [3.8, 4) is 0 Å². The first-order chi connectivity index (χ1) is 9.11. The highest BCUT2D eigenvalue weighted by molar-refractivity contribution is 9.10. The van der Waals surface area contributed by atoms with Gasteiger partial charge in [0.15, 0.2) is 4.60 Å². The van der Waals surface area contributed by atoms with E-state index in [1.807, 2.05) is 11.7 Å². The van der Waals surface area contributed by atoms with Crippen molar-refractivity contribution in [1.29, 1.82) is 0 Å². The molecule has 1 N–H and O–H groups in total. The second kappa shape index (κ2) is 6.63. The van der Waals surface area contributed by atoms with E-state index in [-0.39, 0.29) is 6.04 Å². The zero-order valence-corrected chi connectivity index (χ0v) is 14.1. The van der Waals surface area contributed by atoms with Crippen molar-refractivity contribution in [1.82, 2.24) is 20.3 Å². The fourth-order valence-corrected chi connectivity index (χ4v) is 2.94. The van der Waals surface area contributed by atoms with Gasteiger partial charge in [-0.3, -0.25) is 0 Å². The molecule has 0 bridgehead atoms. The van der Waals surface area contributed by atoms with Crippen LogP contribution in [0, 0.1) is 0 Å². The largest absolute Gasteiger partial charge is 0.309 e. The number of hydrogen-bond acceptors (Lipinski definition) is 3. The van der Waals surface area contributed by atoms with Crippen LogP contribution in [0.5, 0.6) is 0 Å². The van der Waals surface area contributed by atoms with Crippen LogP contribution in [-0.4, -0.2) is 21.5 Å². The number of likely N-dealkylation sites (N-methyl/N-ethyl adjacent to an activating group) is 1. The van der Waals surface area contributed by atoms with Gasteiger partial charge < -0.3 is 5.32 Å². The van der Waals surface area contributed by atoms with Crippen LogP contribution >= 0.6 is 31.9 Å². The van der Waals surface area contributed by atoms with Crippen molar-refractivity contribution in [2.24, 2.45) is 7.05 Å². The van der Waals surface area contributed by atoms with Crippen LogP contribution in [0.3, 0.4) is 0 Å². The molecule has 2 rings (SSSR count). The molecule has 1 heterocycles. The maximum Gasteiger partial charge on any atom is 0.153 e. The molecule has 1 unspecified atom stereocenters. The minimum absolute atomic E-state index is 0.195. The van der Waals surface area contributed by atoms with E-state index < -0.39 is 0 Å². The van der Waals surface area contributed by atoms with Crippen LogP contribution in [0.2, 0.25) is 0 Å². The Morgan fingerprint density at radius 3 is 2.47 bits per heavy atom. The molecule has 0 fully saturated rings. The molecule has 4 nitrogen and oxygen atoms in total. The molecular weight excluding hydrogens is 372 g/mol. The molecule has 0 spiro atoms. The number of rotatable bonds is 5. The Morgan fingerprint density at radius 2 is 1.95 bits per heavy atom. The zero-order valence-electron chi connectivity index (χ0n) is 10.9. The van der Waals surface area contributed by atoms with Gasteiger partial charge in [-0.05, 0) is 46.6 Å². The molecule has 1 aromatic carbocycles. The van der Waals surface area contributed by atoms with E-state index in [1.165, 1.54) is 5.56 Å². The minimum atomic E-state index is 0.195. The lowest BCUT2D eigenvalue weighted by Crippen LogP contribution is -2.25. The quantitative estimate of drug-likeness (QED) is 0.856. The monoisotopic (exact) mass is 386 g/mol. The Bertz CT molecular complexity index is 517. The molecule has 102 valence electrons. The Labute approximate surface area is 129 Å². The van der Waals surface area contributed by atoms with Gasteiger partial charge in [0.25, 0.3) is 0 Å². The number of halogens is 2. The van der Waals surface area contributed by atoms with Crippen LogP contribution in [0.1, 0.15) is 24.2 Å². The third-order valence-electron chi connectivity index (χ3n) is 2.96. The molecule has 6 heteroatoms. The van der Waals surface area contributed by atoms with Crippen molar-refractivity contribution >= 4 is 31.9 Å².